The second kappa shape index (κ2) is 12.9. The molecule has 210 valence electrons. The third-order valence-corrected chi connectivity index (χ3v) is 5.95. The minimum Gasteiger partial charge on any atom is -0.475 e. The number of rotatable bonds is 11. The highest BCUT2D eigenvalue weighted by Crippen LogP contribution is 2.38. The van der Waals surface area contributed by atoms with Crippen LogP contribution in [-0.2, 0) is 14.9 Å². The minimum atomic E-state index is -4.77. The van der Waals surface area contributed by atoms with Gasteiger partial charge in [-0.05, 0) is 78.3 Å². The number of hydrogen-bond acceptors (Lipinski definition) is 5. The van der Waals surface area contributed by atoms with Crippen molar-refractivity contribution in [1.82, 2.24) is 0 Å². The summed E-state index contributed by atoms with van der Waals surface area (Å²) in [5.74, 6) is 0.520. The number of benzene rings is 3. The molecule has 3 rings (SSSR count). The van der Waals surface area contributed by atoms with Crippen molar-refractivity contribution in [3.05, 3.63) is 72.3 Å². The molecular weight excluding hydrogens is 509 g/mol. The maximum absolute atomic E-state index is 12.7. The summed E-state index contributed by atoms with van der Waals surface area (Å²) in [6, 6.07) is 18.5. The van der Waals surface area contributed by atoms with Crippen molar-refractivity contribution in [1.29, 1.82) is 0 Å². The van der Waals surface area contributed by atoms with E-state index in [0.29, 0.717) is 34.8 Å². The Kier molecular flexibility index (Phi) is 9.89. The summed E-state index contributed by atoms with van der Waals surface area (Å²) in [6.45, 7) is 10.4. The van der Waals surface area contributed by atoms with Crippen molar-refractivity contribution in [3.8, 4) is 34.1 Å². The molecule has 1 atom stereocenters. The molecule has 39 heavy (non-hydrogen) atoms. The Morgan fingerprint density at radius 2 is 1.44 bits per heavy atom. The highest BCUT2D eigenvalue weighted by atomic mass is 19.4. The van der Waals surface area contributed by atoms with E-state index in [9.17, 15) is 18.0 Å². The van der Waals surface area contributed by atoms with Crippen molar-refractivity contribution >= 4 is 5.97 Å². The molecule has 0 saturated heterocycles. The van der Waals surface area contributed by atoms with Crippen LogP contribution in [0.2, 0.25) is 0 Å². The zero-order chi connectivity index (χ0) is 28.6. The standard InChI is InChI=1S/C31H35F3O5/c1-6-8-9-27(29(35)36-7-2)38-28-20-22(21-10-15-25(16-11-21)39-31(32,33)34)12-19-26(28)37-24-17-13-23(14-18-24)30(3,4)5/h10-20,27H,6-9H2,1-5H3. The van der Waals surface area contributed by atoms with Crippen molar-refractivity contribution in [2.24, 2.45) is 0 Å². The lowest BCUT2D eigenvalue weighted by molar-refractivity contribution is -0.274. The van der Waals surface area contributed by atoms with Gasteiger partial charge in [0, 0.05) is 0 Å². The van der Waals surface area contributed by atoms with E-state index in [2.05, 4.69) is 25.5 Å². The van der Waals surface area contributed by atoms with Crippen molar-refractivity contribution in [2.45, 2.75) is 71.8 Å². The number of carbonyl (C=O) groups is 1. The van der Waals surface area contributed by atoms with Crippen molar-refractivity contribution in [2.75, 3.05) is 6.61 Å². The van der Waals surface area contributed by atoms with E-state index in [1.807, 2.05) is 31.2 Å². The average Bonchev–Trinajstić information content (AvgIpc) is 2.87. The van der Waals surface area contributed by atoms with Gasteiger partial charge in [0.25, 0.3) is 0 Å². The molecule has 0 spiro atoms. The average molecular weight is 545 g/mol. The zero-order valence-corrected chi connectivity index (χ0v) is 22.9. The van der Waals surface area contributed by atoms with Crippen molar-refractivity contribution < 1.29 is 36.9 Å². The van der Waals surface area contributed by atoms with Gasteiger partial charge in [0.05, 0.1) is 6.61 Å². The second-order valence-corrected chi connectivity index (χ2v) is 10.1. The molecule has 1 unspecified atom stereocenters. The van der Waals surface area contributed by atoms with E-state index in [4.69, 9.17) is 14.2 Å². The van der Waals surface area contributed by atoms with Crippen LogP contribution >= 0.6 is 0 Å². The van der Waals surface area contributed by atoms with Crippen LogP contribution in [0, 0.1) is 0 Å². The van der Waals surface area contributed by atoms with Gasteiger partial charge >= 0.3 is 12.3 Å². The Bertz CT molecular complexity index is 1210. The summed E-state index contributed by atoms with van der Waals surface area (Å²) in [4.78, 5) is 12.7. The highest BCUT2D eigenvalue weighted by molar-refractivity contribution is 5.75. The molecule has 0 N–H and O–H groups in total. The van der Waals surface area contributed by atoms with Gasteiger partial charge in [-0.25, -0.2) is 4.79 Å². The van der Waals surface area contributed by atoms with Gasteiger partial charge < -0.3 is 18.9 Å². The van der Waals surface area contributed by atoms with Crippen LogP contribution in [0.1, 0.15) is 59.4 Å². The summed E-state index contributed by atoms with van der Waals surface area (Å²) >= 11 is 0. The first kappa shape index (κ1) is 29.9. The molecule has 0 saturated carbocycles. The topological polar surface area (TPSA) is 54.0 Å². The smallest absolute Gasteiger partial charge is 0.475 e. The van der Waals surface area contributed by atoms with E-state index in [1.54, 1.807) is 25.1 Å². The lowest BCUT2D eigenvalue weighted by Gasteiger charge is -2.21. The molecule has 0 aliphatic rings. The quantitative estimate of drug-likeness (QED) is 0.226. The third-order valence-electron chi connectivity index (χ3n) is 5.95. The van der Waals surface area contributed by atoms with Gasteiger partial charge in [-0.3, -0.25) is 0 Å². The van der Waals surface area contributed by atoms with E-state index < -0.39 is 18.4 Å². The van der Waals surface area contributed by atoms with Crippen LogP contribution in [0.15, 0.2) is 66.7 Å². The normalized spacial score (nSPS) is 12.5. The van der Waals surface area contributed by atoms with Crippen LogP contribution in [0.3, 0.4) is 0 Å². The van der Waals surface area contributed by atoms with Gasteiger partial charge in [-0.15, -0.1) is 13.2 Å². The van der Waals surface area contributed by atoms with Crippen LogP contribution < -0.4 is 14.2 Å². The van der Waals surface area contributed by atoms with Crippen molar-refractivity contribution in [3.63, 3.8) is 0 Å². The van der Waals surface area contributed by atoms with Gasteiger partial charge in [0.15, 0.2) is 17.6 Å². The lowest BCUT2D eigenvalue weighted by atomic mass is 9.87. The van der Waals surface area contributed by atoms with Crippen LogP contribution in [-0.4, -0.2) is 25.0 Å². The molecule has 0 aliphatic heterocycles. The van der Waals surface area contributed by atoms with Gasteiger partial charge in [0.2, 0.25) is 0 Å². The second-order valence-electron chi connectivity index (χ2n) is 10.1. The Morgan fingerprint density at radius 3 is 2.00 bits per heavy atom. The van der Waals surface area contributed by atoms with Crippen LogP contribution in [0.25, 0.3) is 11.1 Å². The van der Waals surface area contributed by atoms with Gasteiger partial charge in [0.1, 0.15) is 11.5 Å². The fraction of sp³-hybridized carbons (Fsp3) is 0.387. The first-order valence-electron chi connectivity index (χ1n) is 13.0. The third kappa shape index (κ3) is 8.94. The molecule has 0 amide bonds. The highest BCUT2D eigenvalue weighted by Gasteiger charge is 2.31. The molecule has 0 fully saturated rings. The lowest BCUT2D eigenvalue weighted by Crippen LogP contribution is -2.29. The predicted octanol–water partition coefficient (Wildman–Crippen LogP) is 8.84. The number of ether oxygens (including phenoxy) is 4. The van der Waals surface area contributed by atoms with E-state index in [0.717, 1.165) is 18.4 Å². The molecule has 0 heterocycles. The summed E-state index contributed by atoms with van der Waals surface area (Å²) in [7, 11) is 0. The summed E-state index contributed by atoms with van der Waals surface area (Å²) in [5.41, 5.74) is 2.44. The van der Waals surface area contributed by atoms with Gasteiger partial charge in [-0.2, -0.15) is 0 Å². The predicted molar refractivity (Wildman–Crippen MR) is 144 cm³/mol. The Balaban J connectivity index is 1.96. The zero-order valence-electron chi connectivity index (χ0n) is 22.9. The summed E-state index contributed by atoms with van der Waals surface area (Å²) in [6.07, 6.45) is -3.52. The summed E-state index contributed by atoms with van der Waals surface area (Å²) < 4.78 is 59.2. The number of alkyl halides is 3. The molecule has 0 radical (unpaired) electrons. The summed E-state index contributed by atoms with van der Waals surface area (Å²) in [5, 5.41) is 0. The molecular formula is C31H35F3O5. The molecule has 8 heteroatoms. The fourth-order valence-corrected chi connectivity index (χ4v) is 3.87. The first-order chi connectivity index (χ1) is 18.4. The minimum absolute atomic E-state index is 0.0126. The number of hydrogen-bond donors (Lipinski definition) is 0. The van der Waals surface area contributed by atoms with E-state index in [-0.39, 0.29) is 17.8 Å². The Hall–Kier alpha value is -3.68. The number of unbranched alkanes of at least 4 members (excludes halogenated alkanes) is 1. The Labute approximate surface area is 227 Å². The van der Waals surface area contributed by atoms with Crippen LogP contribution in [0.5, 0.6) is 23.0 Å². The maximum atomic E-state index is 12.7. The monoisotopic (exact) mass is 544 g/mol. The first-order valence-corrected chi connectivity index (χ1v) is 13.0. The van der Waals surface area contributed by atoms with Gasteiger partial charge in [-0.1, -0.05) is 64.4 Å². The van der Waals surface area contributed by atoms with Crippen LogP contribution in [0.4, 0.5) is 13.2 Å². The SMILES string of the molecule is CCCCC(Oc1cc(-c2ccc(OC(F)(F)F)cc2)ccc1Oc1ccc(C(C)(C)C)cc1)C(=O)OCC. The van der Waals surface area contributed by atoms with E-state index in [1.165, 1.54) is 24.3 Å². The largest absolute Gasteiger partial charge is 0.573 e. The number of carbonyl (C=O) groups excluding carboxylic acids is 1. The number of halogens is 3. The number of esters is 1. The maximum Gasteiger partial charge on any atom is 0.573 e. The fourth-order valence-electron chi connectivity index (χ4n) is 3.87. The molecule has 3 aromatic carbocycles. The molecule has 0 aromatic heterocycles. The van der Waals surface area contributed by atoms with E-state index >= 15 is 0 Å². The molecule has 3 aromatic rings. The Morgan fingerprint density at radius 1 is 0.821 bits per heavy atom. The molecule has 0 bridgehead atoms. The molecule has 5 nitrogen and oxygen atoms in total. The molecule has 0 aliphatic carbocycles.